The number of benzene rings is 1. The molecule has 0 N–H and O–H groups in total. The maximum atomic E-state index is 9.80. The second-order valence-electron chi connectivity index (χ2n) is 2.08. The van der Waals surface area contributed by atoms with E-state index in [0.717, 1.165) is 14.5 Å². The van der Waals surface area contributed by atoms with E-state index in [1.54, 1.807) is 0 Å². The minimum absolute atomic E-state index is 0.240. The van der Waals surface area contributed by atoms with Crippen LogP contribution in [0.1, 0.15) is 5.56 Å². The monoisotopic (exact) mass is 291 g/mol. The summed E-state index contributed by atoms with van der Waals surface area (Å²) in [5.74, 6) is 0. The lowest BCUT2D eigenvalue weighted by atomic mass is 10.2. The van der Waals surface area contributed by atoms with Crippen LogP contribution in [0.3, 0.4) is 0 Å². The zero-order valence-corrected chi connectivity index (χ0v) is 9.18. The SMILES string of the molecule is O=[C]OCc1cccc(Br)c1Br. The standard InChI is InChI=1S/C8H5Br2O2/c9-7-3-1-2-6(8(7)10)4-12-5-11/h1-3H,4H2. The smallest absolute Gasteiger partial charge is 0.417 e. The van der Waals surface area contributed by atoms with Gasteiger partial charge in [-0.1, -0.05) is 12.1 Å². The van der Waals surface area contributed by atoms with Crippen LogP contribution in [0.15, 0.2) is 27.1 Å². The summed E-state index contributed by atoms with van der Waals surface area (Å²) < 4.78 is 6.34. The molecule has 63 valence electrons. The Morgan fingerprint density at radius 2 is 2.17 bits per heavy atom. The van der Waals surface area contributed by atoms with E-state index in [9.17, 15) is 4.79 Å². The first-order chi connectivity index (χ1) is 5.75. The van der Waals surface area contributed by atoms with E-state index in [2.05, 4.69) is 36.6 Å². The molecule has 1 aromatic rings. The first-order valence-electron chi connectivity index (χ1n) is 3.17. The molecule has 0 atom stereocenters. The van der Waals surface area contributed by atoms with Crippen LogP contribution in [-0.4, -0.2) is 6.47 Å². The van der Waals surface area contributed by atoms with E-state index < -0.39 is 0 Å². The van der Waals surface area contributed by atoms with Gasteiger partial charge in [-0.05, 0) is 37.9 Å². The van der Waals surface area contributed by atoms with Crippen molar-refractivity contribution < 1.29 is 9.53 Å². The van der Waals surface area contributed by atoms with Crippen LogP contribution in [0, 0.1) is 0 Å². The quantitative estimate of drug-likeness (QED) is 0.856. The van der Waals surface area contributed by atoms with E-state index >= 15 is 0 Å². The fourth-order valence-electron chi connectivity index (χ4n) is 0.767. The molecule has 12 heavy (non-hydrogen) atoms. The average Bonchev–Trinajstić information content (AvgIpc) is 2.08. The fourth-order valence-corrected chi connectivity index (χ4v) is 1.55. The third-order valence-electron chi connectivity index (χ3n) is 1.32. The van der Waals surface area contributed by atoms with Gasteiger partial charge in [-0.25, -0.2) is 4.79 Å². The number of ether oxygens (including phenoxy) is 1. The lowest BCUT2D eigenvalue weighted by Gasteiger charge is -2.03. The number of hydrogen-bond donors (Lipinski definition) is 0. The lowest BCUT2D eigenvalue weighted by Crippen LogP contribution is -1.91. The third-order valence-corrected chi connectivity index (χ3v) is 3.45. The molecule has 0 amide bonds. The van der Waals surface area contributed by atoms with Gasteiger partial charge in [0.05, 0.1) is 0 Å². The van der Waals surface area contributed by atoms with Crippen molar-refractivity contribution in [3.63, 3.8) is 0 Å². The molecule has 0 aromatic heterocycles. The van der Waals surface area contributed by atoms with E-state index in [0.29, 0.717) is 0 Å². The Bertz CT molecular complexity index is 286. The Morgan fingerprint density at radius 3 is 2.83 bits per heavy atom. The molecule has 0 aliphatic rings. The predicted octanol–water partition coefficient (Wildman–Crippen LogP) is 2.80. The molecule has 0 saturated heterocycles. The van der Waals surface area contributed by atoms with Crippen LogP contribution in [0.5, 0.6) is 0 Å². The van der Waals surface area contributed by atoms with Crippen LogP contribution < -0.4 is 0 Å². The molecule has 0 saturated carbocycles. The first-order valence-corrected chi connectivity index (χ1v) is 4.76. The van der Waals surface area contributed by atoms with E-state index in [1.807, 2.05) is 18.2 Å². The molecule has 4 heteroatoms. The van der Waals surface area contributed by atoms with Gasteiger partial charge in [-0.3, -0.25) is 0 Å². The normalized spacial score (nSPS) is 9.50. The van der Waals surface area contributed by atoms with Crippen molar-refractivity contribution in [2.24, 2.45) is 0 Å². The predicted molar refractivity (Wildman–Crippen MR) is 52.3 cm³/mol. The van der Waals surface area contributed by atoms with Crippen molar-refractivity contribution >= 4 is 38.3 Å². The Labute approximate surface area is 87.2 Å². The van der Waals surface area contributed by atoms with Crippen molar-refractivity contribution in [1.29, 1.82) is 0 Å². The molecule has 0 bridgehead atoms. The molecule has 2 nitrogen and oxygen atoms in total. The van der Waals surface area contributed by atoms with Gasteiger partial charge in [0, 0.05) is 14.5 Å². The van der Waals surface area contributed by atoms with E-state index in [4.69, 9.17) is 0 Å². The summed E-state index contributed by atoms with van der Waals surface area (Å²) in [4.78, 5) is 9.80. The van der Waals surface area contributed by atoms with Crippen molar-refractivity contribution in [2.75, 3.05) is 0 Å². The summed E-state index contributed by atoms with van der Waals surface area (Å²) in [6.07, 6.45) is 0. The zero-order chi connectivity index (χ0) is 8.97. The van der Waals surface area contributed by atoms with Crippen molar-refractivity contribution in [2.45, 2.75) is 6.61 Å². The minimum Gasteiger partial charge on any atom is -0.452 e. The summed E-state index contributed by atoms with van der Waals surface area (Å²) in [7, 11) is 0. The minimum atomic E-state index is 0.240. The van der Waals surface area contributed by atoms with Gasteiger partial charge in [0.1, 0.15) is 6.61 Å². The van der Waals surface area contributed by atoms with Crippen molar-refractivity contribution in [1.82, 2.24) is 0 Å². The highest BCUT2D eigenvalue weighted by Crippen LogP contribution is 2.26. The van der Waals surface area contributed by atoms with Gasteiger partial charge < -0.3 is 4.74 Å². The Hall–Kier alpha value is -0.350. The molecule has 0 fully saturated rings. The summed E-state index contributed by atoms with van der Waals surface area (Å²) in [5, 5.41) is 0. The van der Waals surface area contributed by atoms with Gasteiger partial charge in [0.2, 0.25) is 0 Å². The maximum absolute atomic E-state index is 9.80. The van der Waals surface area contributed by atoms with Crippen LogP contribution in [0.25, 0.3) is 0 Å². The van der Waals surface area contributed by atoms with Gasteiger partial charge in [0.15, 0.2) is 0 Å². The molecule has 0 heterocycles. The number of halogens is 2. The topological polar surface area (TPSA) is 26.3 Å². The summed E-state index contributed by atoms with van der Waals surface area (Å²) in [5.41, 5.74) is 0.910. The highest BCUT2D eigenvalue weighted by Gasteiger charge is 2.02. The molecule has 1 aromatic carbocycles. The van der Waals surface area contributed by atoms with Crippen LogP contribution in [-0.2, 0) is 16.1 Å². The van der Waals surface area contributed by atoms with Gasteiger partial charge in [-0.2, -0.15) is 0 Å². The highest BCUT2D eigenvalue weighted by atomic mass is 79.9. The third kappa shape index (κ3) is 2.32. The van der Waals surface area contributed by atoms with Gasteiger partial charge >= 0.3 is 6.47 Å². The Morgan fingerprint density at radius 1 is 1.42 bits per heavy atom. The van der Waals surface area contributed by atoms with Gasteiger partial charge in [0.25, 0.3) is 0 Å². The number of hydrogen-bond acceptors (Lipinski definition) is 2. The fraction of sp³-hybridized carbons (Fsp3) is 0.125. The number of rotatable bonds is 3. The molecular formula is C8H5Br2O2. The average molecular weight is 293 g/mol. The molecule has 0 spiro atoms. The van der Waals surface area contributed by atoms with Crippen LogP contribution >= 0.6 is 31.9 Å². The van der Waals surface area contributed by atoms with Crippen LogP contribution in [0.4, 0.5) is 0 Å². The van der Waals surface area contributed by atoms with Crippen LogP contribution in [0.2, 0.25) is 0 Å². The van der Waals surface area contributed by atoms with Crippen molar-refractivity contribution in [3.05, 3.63) is 32.7 Å². The molecule has 0 unspecified atom stereocenters. The number of carbonyl (C=O) groups excluding carboxylic acids is 1. The van der Waals surface area contributed by atoms with E-state index in [-0.39, 0.29) is 6.61 Å². The van der Waals surface area contributed by atoms with Crippen molar-refractivity contribution in [3.8, 4) is 0 Å². The molecule has 1 radical (unpaired) electrons. The van der Waals surface area contributed by atoms with E-state index in [1.165, 1.54) is 6.47 Å². The molecule has 0 aliphatic carbocycles. The second-order valence-corrected chi connectivity index (χ2v) is 3.73. The molecule has 1 rings (SSSR count). The summed E-state index contributed by atoms with van der Waals surface area (Å²) in [6, 6.07) is 5.64. The second kappa shape index (κ2) is 4.62. The summed E-state index contributed by atoms with van der Waals surface area (Å²) >= 11 is 6.69. The Balaban J connectivity index is 2.84. The molecular weight excluding hydrogens is 288 g/mol. The largest absolute Gasteiger partial charge is 0.452 e. The maximum Gasteiger partial charge on any atom is 0.417 e. The lowest BCUT2D eigenvalue weighted by molar-refractivity contribution is 0.266. The Kier molecular flexibility index (Phi) is 3.75. The highest BCUT2D eigenvalue weighted by molar-refractivity contribution is 9.13. The first kappa shape index (κ1) is 9.74. The zero-order valence-electron chi connectivity index (χ0n) is 6.01. The summed E-state index contributed by atoms with van der Waals surface area (Å²) in [6.45, 7) is 1.62. The van der Waals surface area contributed by atoms with Gasteiger partial charge in [-0.15, -0.1) is 0 Å². The molecule has 0 aliphatic heterocycles.